The number of anilines is 1. The lowest BCUT2D eigenvalue weighted by molar-refractivity contribution is -0.127. The van der Waals surface area contributed by atoms with Crippen LogP contribution >= 0.6 is 35.0 Å². The van der Waals surface area contributed by atoms with Gasteiger partial charge in [-0.15, -0.1) is 0 Å². The van der Waals surface area contributed by atoms with Gasteiger partial charge in [-0.25, -0.2) is 0 Å². The van der Waals surface area contributed by atoms with Crippen molar-refractivity contribution >= 4 is 63.8 Å². The van der Waals surface area contributed by atoms with Gasteiger partial charge in [0.05, 0.1) is 22.7 Å². The number of hydrogen-bond donors (Lipinski definition) is 1. The molecule has 1 aliphatic heterocycles. The molecule has 0 bridgehead atoms. The predicted octanol–water partition coefficient (Wildman–Crippen LogP) is 6.26. The zero-order chi connectivity index (χ0) is 25.7. The molecule has 7 nitrogen and oxygen atoms in total. The number of methoxy groups -OCH3 is 1. The van der Waals surface area contributed by atoms with E-state index in [-0.39, 0.29) is 11.5 Å². The molecule has 0 unspecified atom stereocenters. The van der Waals surface area contributed by atoms with Gasteiger partial charge in [-0.3, -0.25) is 19.3 Å². The quantitative estimate of drug-likeness (QED) is 0.338. The molecule has 0 spiro atoms. The number of amides is 3. The first kappa shape index (κ1) is 25.6. The van der Waals surface area contributed by atoms with Crippen molar-refractivity contribution in [2.24, 2.45) is 0 Å². The first-order chi connectivity index (χ1) is 17.4. The van der Waals surface area contributed by atoms with E-state index in [2.05, 4.69) is 5.32 Å². The van der Waals surface area contributed by atoms with E-state index >= 15 is 0 Å². The van der Waals surface area contributed by atoms with E-state index in [0.29, 0.717) is 32.8 Å². The molecule has 3 aromatic carbocycles. The molecule has 0 atom stereocenters. The number of benzene rings is 3. The van der Waals surface area contributed by atoms with Crippen molar-refractivity contribution in [3.8, 4) is 11.5 Å². The van der Waals surface area contributed by atoms with Crippen LogP contribution in [-0.4, -0.2) is 35.6 Å². The highest BCUT2D eigenvalue weighted by Crippen LogP contribution is 2.35. The van der Waals surface area contributed by atoms with Crippen LogP contribution in [0.5, 0.6) is 11.5 Å². The maximum absolute atomic E-state index is 12.8. The summed E-state index contributed by atoms with van der Waals surface area (Å²) in [6, 6.07) is 19.2. The number of carbonyl (C=O) groups is 3. The summed E-state index contributed by atoms with van der Waals surface area (Å²) in [7, 11) is 1.51. The molecule has 0 radical (unpaired) electrons. The fourth-order valence-electron chi connectivity index (χ4n) is 3.35. The van der Waals surface area contributed by atoms with Gasteiger partial charge in [0, 0.05) is 10.6 Å². The first-order valence-corrected chi connectivity index (χ1v) is 12.3. The van der Waals surface area contributed by atoms with Gasteiger partial charge < -0.3 is 14.8 Å². The van der Waals surface area contributed by atoms with Crippen molar-refractivity contribution in [3.63, 3.8) is 0 Å². The van der Waals surface area contributed by atoms with Gasteiger partial charge in [0.2, 0.25) is 5.91 Å². The smallest absolute Gasteiger partial charge is 0.294 e. The summed E-state index contributed by atoms with van der Waals surface area (Å²) < 4.78 is 11.3. The van der Waals surface area contributed by atoms with Crippen molar-refractivity contribution in [3.05, 3.63) is 92.8 Å². The monoisotopic (exact) mass is 542 g/mol. The summed E-state index contributed by atoms with van der Waals surface area (Å²) in [6.07, 6.45) is 1.57. The van der Waals surface area contributed by atoms with Crippen LogP contribution in [0.1, 0.15) is 11.1 Å². The summed E-state index contributed by atoms with van der Waals surface area (Å²) in [5.41, 5.74) is 1.86. The summed E-state index contributed by atoms with van der Waals surface area (Å²) >= 11 is 13.0. The Morgan fingerprint density at radius 3 is 2.44 bits per heavy atom. The van der Waals surface area contributed by atoms with Crippen molar-refractivity contribution in [2.45, 2.75) is 6.61 Å². The van der Waals surface area contributed by atoms with Crippen molar-refractivity contribution in [1.82, 2.24) is 4.90 Å². The van der Waals surface area contributed by atoms with Gasteiger partial charge in [0.15, 0.2) is 11.5 Å². The fraction of sp³-hybridized carbons (Fsp3) is 0.115. The second-order valence-electron chi connectivity index (χ2n) is 7.59. The van der Waals surface area contributed by atoms with Crippen molar-refractivity contribution in [2.75, 3.05) is 19.0 Å². The standard InChI is InChI=1S/C26H20Cl2N2O5S/c1-34-22-12-16(10-11-21(22)35-15-17-6-2-3-7-18(17)27)13-23-25(32)30(26(33)36-23)14-24(31)29-20-9-5-4-8-19(20)28/h2-13H,14-15H2,1H3,(H,29,31)/b23-13+. The van der Waals surface area contributed by atoms with Gasteiger partial charge >= 0.3 is 0 Å². The van der Waals surface area contributed by atoms with Crippen molar-refractivity contribution in [1.29, 1.82) is 0 Å². The summed E-state index contributed by atoms with van der Waals surface area (Å²) in [4.78, 5) is 38.7. The van der Waals surface area contributed by atoms with E-state index in [1.165, 1.54) is 7.11 Å². The Labute approximate surface area is 222 Å². The van der Waals surface area contributed by atoms with Crippen LogP contribution in [0.25, 0.3) is 6.08 Å². The number of nitrogens with one attached hydrogen (secondary N) is 1. The number of hydrogen-bond acceptors (Lipinski definition) is 6. The zero-order valence-electron chi connectivity index (χ0n) is 19.0. The molecule has 3 amide bonds. The van der Waals surface area contributed by atoms with Crippen LogP contribution in [0.3, 0.4) is 0 Å². The molecular formula is C26H20Cl2N2O5S. The van der Waals surface area contributed by atoms with Crippen LogP contribution in [0.4, 0.5) is 10.5 Å². The third-order valence-electron chi connectivity index (χ3n) is 5.15. The van der Waals surface area contributed by atoms with E-state index in [0.717, 1.165) is 22.2 Å². The minimum atomic E-state index is -0.558. The molecule has 0 aromatic heterocycles. The highest BCUT2D eigenvalue weighted by Gasteiger charge is 2.36. The number of halogens is 2. The summed E-state index contributed by atoms with van der Waals surface area (Å²) in [5, 5.41) is 3.03. The Bertz CT molecular complexity index is 1360. The third-order valence-corrected chi connectivity index (χ3v) is 6.76. The van der Waals surface area contributed by atoms with E-state index in [4.69, 9.17) is 32.7 Å². The molecule has 0 saturated carbocycles. The number of thioether (sulfide) groups is 1. The second-order valence-corrected chi connectivity index (χ2v) is 9.39. The Kier molecular flexibility index (Phi) is 8.20. The summed E-state index contributed by atoms with van der Waals surface area (Å²) in [5.74, 6) is -0.140. The summed E-state index contributed by atoms with van der Waals surface area (Å²) in [6.45, 7) is -0.171. The van der Waals surface area contributed by atoms with Crippen LogP contribution in [-0.2, 0) is 16.2 Å². The number of rotatable bonds is 8. The van der Waals surface area contributed by atoms with Crippen molar-refractivity contribution < 1.29 is 23.9 Å². The lowest BCUT2D eigenvalue weighted by Crippen LogP contribution is -2.36. The number of para-hydroxylation sites is 1. The minimum absolute atomic E-state index is 0.192. The fourth-order valence-corrected chi connectivity index (χ4v) is 4.56. The Morgan fingerprint density at radius 1 is 1.00 bits per heavy atom. The van der Waals surface area contributed by atoms with Crippen LogP contribution < -0.4 is 14.8 Å². The Morgan fingerprint density at radius 2 is 1.72 bits per heavy atom. The maximum Gasteiger partial charge on any atom is 0.294 e. The molecule has 1 N–H and O–H groups in total. The number of imide groups is 1. The average molecular weight is 543 g/mol. The van der Waals surface area contributed by atoms with Crippen LogP contribution in [0.15, 0.2) is 71.6 Å². The lowest BCUT2D eigenvalue weighted by atomic mass is 10.1. The van der Waals surface area contributed by atoms with Crippen LogP contribution in [0, 0.1) is 0 Å². The molecule has 10 heteroatoms. The second kappa shape index (κ2) is 11.5. The van der Waals surface area contributed by atoms with Gasteiger partial charge in [-0.1, -0.05) is 59.6 Å². The molecule has 184 valence electrons. The highest BCUT2D eigenvalue weighted by atomic mass is 35.5. The molecule has 3 aromatic rings. The van der Waals surface area contributed by atoms with Gasteiger partial charge in [0.25, 0.3) is 11.1 Å². The number of ether oxygens (including phenoxy) is 2. The van der Waals surface area contributed by atoms with E-state index in [1.807, 2.05) is 18.2 Å². The highest BCUT2D eigenvalue weighted by molar-refractivity contribution is 8.18. The normalized spacial score (nSPS) is 14.3. The van der Waals surface area contributed by atoms with E-state index in [9.17, 15) is 14.4 Å². The topological polar surface area (TPSA) is 84.9 Å². The minimum Gasteiger partial charge on any atom is -0.493 e. The molecule has 4 rings (SSSR count). The molecule has 0 aliphatic carbocycles. The average Bonchev–Trinajstić information content (AvgIpc) is 3.12. The SMILES string of the molecule is COc1cc(/C=C2/SC(=O)N(CC(=O)Nc3ccccc3Cl)C2=O)ccc1OCc1ccccc1Cl. The third kappa shape index (κ3) is 6.02. The number of carbonyl (C=O) groups excluding carboxylic acids is 3. The van der Waals surface area contributed by atoms with E-state index < -0.39 is 23.6 Å². The molecule has 1 fully saturated rings. The zero-order valence-corrected chi connectivity index (χ0v) is 21.3. The molecule has 1 heterocycles. The van der Waals surface area contributed by atoms with Gasteiger partial charge in [-0.05, 0) is 53.7 Å². The van der Waals surface area contributed by atoms with Crippen LogP contribution in [0.2, 0.25) is 10.0 Å². The molecule has 36 heavy (non-hydrogen) atoms. The number of nitrogens with zero attached hydrogens (tertiary/aromatic N) is 1. The van der Waals surface area contributed by atoms with Gasteiger partial charge in [0.1, 0.15) is 13.2 Å². The molecule has 1 saturated heterocycles. The van der Waals surface area contributed by atoms with E-state index in [1.54, 1.807) is 54.6 Å². The Balaban J connectivity index is 1.44. The maximum atomic E-state index is 12.8. The first-order valence-electron chi connectivity index (χ1n) is 10.7. The molecular weight excluding hydrogens is 523 g/mol. The lowest BCUT2D eigenvalue weighted by Gasteiger charge is -2.13. The molecule has 1 aliphatic rings. The predicted molar refractivity (Wildman–Crippen MR) is 142 cm³/mol. The van der Waals surface area contributed by atoms with Gasteiger partial charge in [-0.2, -0.15) is 0 Å². The Hall–Kier alpha value is -3.46. The largest absolute Gasteiger partial charge is 0.493 e.